The van der Waals surface area contributed by atoms with Gasteiger partial charge in [-0.05, 0) is 31.2 Å². The van der Waals surface area contributed by atoms with Crippen LogP contribution in [0.3, 0.4) is 0 Å². The summed E-state index contributed by atoms with van der Waals surface area (Å²) in [5, 5.41) is 0. The summed E-state index contributed by atoms with van der Waals surface area (Å²) in [6, 6.07) is 12.9. The summed E-state index contributed by atoms with van der Waals surface area (Å²) >= 11 is 0. The van der Waals surface area contributed by atoms with Gasteiger partial charge in [0.05, 0.1) is 12.2 Å². The fourth-order valence-electron chi connectivity index (χ4n) is 1.75. The Bertz CT molecular complexity index is 596. The third-order valence-corrected chi connectivity index (χ3v) is 2.68. The number of hydrogen-bond acceptors (Lipinski definition) is 3. The van der Waals surface area contributed by atoms with E-state index in [0.717, 1.165) is 0 Å². The predicted octanol–water partition coefficient (Wildman–Crippen LogP) is 3.49. The van der Waals surface area contributed by atoms with Gasteiger partial charge in [0.2, 0.25) is 5.78 Å². The SMILES string of the molecule is CCOc1ccccc1OCC(=O)c1ccccc1F. The van der Waals surface area contributed by atoms with E-state index in [4.69, 9.17) is 9.47 Å². The maximum Gasteiger partial charge on any atom is 0.203 e. The van der Waals surface area contributed by atoms with Gasteiger partial charge in [-0.3, -0.25) is 4.79 Å². The Morgan fingerprint density at radius 1 is 1.00 bits per heavy atom. The largest absolute Gasteiger partial charge is 0.490 e. The van der Waals surface area contributed by atoms with Crippen LogP contribution in [0.15, 0.2) is 48.5 Å². The van der Waals surface area contributed by atoms with E-state index in [9.17, 15) is 9.18 Å². The van der Waals surface area contributed by atoms with Gasteiger partial charge < -0.3 is 9.47 Å². The fourth-order valence-corrected chi connectivity index (χ4v) is 1.75. The first-order valence-electron chi connectivity index (χ1n) is 6.34. The van der Waals surface area contributed by atoms with Gasteiger partial charge >= 0.3 is 0 Å². The molecule has 0 unspecified atom stereocenters. The van der Waals surface area contributed by atoms with E-state index in [1.54, 1.807) is 24.3 Å². The van der Waals surface area contributed by atoms with Crippen molar-refractivity contribution in [3.8, 4) is 11.5 Å². The minimum atomic E-state index is -0.542. The third-order valence-electron chi connectivity index (χ3n) is 2.68. The monoisotopic (exact) mass is 274 g/mol. The van der Waals surface area contributed by atoms with Gasteiger partial charge in [0, 0.05) is 0 Å². The lowest BCUT2D eigenvalue weighted by Gasteiger charge is -2.11. The van der Waals surface area contributed by atoms with E-state index in [1.165, 1.54) is 18.2 Å². The van der Waals surface area contributed by atoms with Crippen LogP contribution in [-0.2, 0) is 0 Å². The molecule has 0 heterocycles. The second-order valence-corrected chi connectivity index (χ2v) is 4.07. The van der Waals surface area contributed by atoms with Gasteiger partial charge in [0.1, 0.15) is 5.82 Å². The lowest BCUT2D eigenvalue weighted by atomic mass is 10.1. The van der Waals surface area contributed by atoms with E-state index < -0.39 is 11.6 Å². The van der Waals surface area contributed by atoms with E-state index in [0.29, 0.717) is 18.1 Å². The molecule has 2 aromatic rings. The number of ketones is 1. The number of ether oxygens (including phenoxy) is 2. The van der Waals surface area contributed by atoms with Crippen molar-refractivity contribution in [1.29, 1.82) is 0 Å². The van der Waals surface area contributed by atoms with Crippen molar-refractivity contribution >= 4 is 5.78 Å². The zero-order valence-electron chi connectivity index (χ0n) is 11.1. The quantitative estimate of drug-likeness (QED) is 0.756. The third kappa shape index (κ3) is 3.35. The molecule has 104 valence electrons. The van der Waals surface area contributed by atoms with Crippen LogP contribution in [0.5, 0.6) is 11.5 Å². The van der Waals surface area contributed by atoms with Crippen molar-refractivity contribution in [1.82, 2.24) is 0 Å². The zero-order chi connectivity index (χ0) is 14.4. The standard InChI is InChI=1S/C16H15FO3/c1-2-19-15-9-5-6-10-16(15)20-11-14(18)12-7-3-4-8-13(12)17/h3-10H,2,11H2,1H3. The highest BCUT2D eigenvalue weighted by molar-refractivity contribution is 5.97. The van der Waals surface area contributed by atoms with Crippen LogP contribution in [0, 0.1) is 5.82 Å². The molecule has 0 amide bonds. The maximum absolute atomic E-state index is 13.5. The summed E-state index contributed by atoms with van der Waals surface area (Å²) in [4.78, 5) is 11.9. The Labute approximate surface area is 117 Å². The number of hydrogen-bond donors (Lipinski definition) is 0. The van der Waals surface area contributed by atoms with E-state index >= 15 is 0 Å². The van der Waals surface area contributed by atoms with E-state index in [1.807, 2.05) is 13.0 Å². The minimum Gasteiger partial charge on any atom is -0.490 e. The van der Waals surface area contributed by atoms with Crippen molar-refractivity contribution in [3.05, 3.63) is 59.9 Å². The fraction of sp³-hybridized carbons (Fsp3) is 0.188. The molecular weight excluding hydrogens is 259 g/mol. The molecule has 0 N–H and O–H groups in total. The van der Waals surface area contributed by atoms with Gasteiger partial charge in [-0.1, -0.05) is 24.3 Å². The molecule has 0 aliphatic heterocycles. The maximum atomic E-state index is 13.5. The number of Topliss-reactive ketones (excluding diaryl/α,β-unsaturated/α-hetero) is 1. The van der Waals surface area contributed by atoms with E-state index in [-0.39, 0.29) is 12.2 Å². The van der Waals surface area contributed by atoms with Crippen molar-refractivity contribution in [2.24, 2.45) is 0 Å². The topological polar surface area (TPSA) is 35.5 Å². The highest BCUT2D eigenvalue weighted by Gasteiger charge is 2.12. The summed E-state index contributed by atoms with van der Waals surface area (Å²) < 4.78 is 24.3. The molecule has 0 radical (unpaired) electrons. The Morgan fingerprint density at radius 2 is 1.60 bits per heavy atom. The molecule has 2 aromatic carbocycles. The van der Waals surface area contributed by atoms with Gasteiger partial charge in [0.15, 0.2) is 18.1 Å². The molecule has 0 saturated carbocycles. The first kappa shape index (κ1) is 14.1. The highest BCUT2D eigenvalue weighted by Crippen LogP contribution is 2.26. The number of benzene rings is 2. The van der Waals surface area contributed by atoms with Crippen molar-refractivity contribution in [2.45, 2.75) is 6.92 Å². The zero-order valence-corrected chi connectivity index (χ0v) is 11.1. The van der Waals surface area contributed by atoms with Crippen LogP contribution in [0.4, 0.5) is 4.39 Å². The Balaban J connectivity index is 2.06. The van der Waals surface area contributed by atoms with Gasteiger partial charge in [0.25, 0.3) is 0 Å². The number of rotatable bonds is 6. The Hall–Kier alpha value is -2.36. The van der Waals surface area contributed by atoms with Crippen molar-refractivity contribution in [3.63, 3.8) is 0 Å². The van der Waals surface area contributed by atoms with Crippen molar-refractivity contribution < 1.29 is 18.7 Å². The van der Waals surface area contributed by atoms with Gasteiger partial charge in [-0.15, -0.1) is 0 Å². The lowest BCUT2D eigenvalue weighted by Crippen LogP contribution is -2.13. The summed E-state index contributed by atoms with van der Waals surface area (Å²) in [7, 11) is 0. The molecule has 0 aliphatic rings. The highest BCUT2D eigenvalue weighted by atomic mass is 19.1. The molecule has 3 nitrogen and oxygen atoms in total. The molecule has 4 heteroatoms. The number of para-hydroxylation sites is 2. The molecule has 0 fully saturated rings. The molecule has 2 rings (SSSR count). The molecule has 0 spiro atoms. The summed E-state index contributed by atoms with van der Waals surface area (Å²) in [6.45, 7) is 2.13. The molecule has 0 atom stereocenters. The normalized spacial score (nSPS) is 10.1. The smallest absolute Gasteiger partial charge is 0.203 e. The minimum absolute atomic E-state index is 0.0291. The lowest BCUT2D eigenvalue weighted by molar-refractivity contribution is 0.0915. The first-order chi connectivity index (χ1) is 9.72. The number of carbonyl (C=O) groups excluding carboxylic acids is 1. The van der Waals surface area contributed by atoms with Crippen LogP contribution >= 0.6 is 0 Å². The number of carbonyl (C=O) groups is 1. The second kappa shape index (κ2) is 6.70. The molecular formula is C16H15FO3. The van der Waals surface area contributed by atoms with Crippen LogP contribution in [0.2, 0.25) is 0 Å². The van der Waals surface area contributed by atoms with Crippen LogP contribution in [0.1, 0.15) is 17.3 Å². The Morgan fingerprint density at radius 3 is 2.25 bits per heavy atom. The summed E-state index contributed by atoms with van der Waals surface area (Å²) in [5.74, 6) is 0.0870. The molecule has 20 heavy (non-hydrogen) atoms. The average molecular weight is 274 g/mol. The van der Waals surface area contributed by atoms with Crippen molar-refractivity contribution in [2.75, 3.05) is 13.2 Å². The van der Waals surface area contributed by atoms with Crippen LogP contribution in [0.25, 0.3) is 0 Å². The predicted molar refractivity (Wildman–Crippen MR) is 73.8 cm³/mol. The number of halogens is 1. The van der Waals surface area contributed by atoms with Crippen LogP contribution in [-0.4, -0.2) is 19.0 Å². The van der Waals surface area contributed by atoms with Gasteiger partial charge in [-0.25, -0.2) is 4.39 Å². The molecule has 0 bridgehead atoms. The molecule has 0 aromatic heterocycles. The molecule has 0 saturated heterocycles. The summed E-state index contributed by atoms with van der Waals surface area (Å²) in [6.07, 6.45) is 0. The molecule has 0 aliphatic carbocycles. The van der Waals surface area contributed by atoms with E-state index in [2.05, 4.69) is 0 Å². The van der Waals surface area contributed by atoms with Crippen LogP contribution < -0.4 is 9.47 Å². The summed E-state index contributed by atoms with van der Waals surface area (Å²) in [5.41, 5.74) is 0.0291. The average Bonchev–Trinajstić information content (AvgIpc) is 2.47. The second-order valence-electron chi connectivity index (χ2n) is 4.07. The van der Waals surface area contributed by atoms with Gasteiger partial charge in [-0.2, -0.15) is 0 Å². The first-order valence-corrected chi connectivity index (χ1v) is 6.34. The Kier molecular flexibility index (Phi) is 4.71.